The molecular formula is C32H32FN5O5S. The molecule has 0 atom stereocenters. The molecule has 0 aliphatic carbocycles. The van der Waals surface area contributed by atoms with Gasteiger partial charge in [-0.05, 0) is 97.6 Å². The average Bonchev–Trinajstić information content (AvgIpc) is 3.00. The molecule has 1 aliphatic rings. The number of carbonyl (C=O) groups is 2. The van der Waals surface area contributed by atoms with Crippen molar-refractivity contribution in [2.45, 2.75) is 30.2 Å². The number of primary amides is 1. The van der Waals surface area contributed by atoms with Crippen LogP contribution < -0.4 is 21.1 Å². The fourth-order valence-corrected chi connectivity index (χ4v) is 5.68. The van der Waals surface area contributed by atoms with Crippen LogP contribution in [0.25, 0.3) is 0 Å². The molecule has 0 bridgehead atoms. The van der Waals surface area contributed by atoms with Crippen LogP contribution in [0.3, 0.4) is 0 Å². The van der Waals surface area contributed by atoms with Crippen molar-refractivity contribution in [2.75, 3.05) is 30.0 Å². The highest BCUT2D eigenvalue weighted by Gasteiger charge is 2.21. The summed E-state index contributed by atoms with van der Waals surface area (Å²) in [6.07, 6.45) is 4.95. The molecule has 10 nitrogen and oxygen atoms in total. The van der Waals surface area contributed by atoms with Crippen LogP contribution in [0.1, 0.15) is 40.2 Å². The molecule has 3 amide bonds. The van der Waals surface area contributed by atoms with Crippen molar-refractivity contribution in [3.05, 3.63) is 108 Å². The van der Waals surface area contributed by atoms with Gasteiger partial charge in [-0.3, -0.25) is 9.69 Å². The molecule has 1 saturated heterocycles. The maximum atomic E-state index is 13.7. The van der Waals surface area contributed by atoms with Gasteiger partial charge >= 0.3 is 6.03 Å². The van der Waals surface area contributed by atoms with Crippen molar-refractivity contribution in [1.82, 2.24) is 9.88 Å². The number of piperidine rings is 1. The Morgan fingerprint density at radius 1 is 0.955 bits per heavy atom. The van der Waals surface area contributed by atoms with Gasteiger partial charge in [0.05, 0.1) is 10.5 Å². The molecule has 1 aromatic heterocycles. The first-order valence-electron chi connectivity index (χ1n) is 14.0. The fraction of sp³-hybridized carbons (Fsp3) is 0.219. The zero-order chi connectivity index (χ0) is 31.3. The summed E-state index contributed by atoms with van der Waals surface area (Å²) in [5.41, 5.74) is 8.00. The minimum absolute atomic E-state index is 0.235. The van der Waals surface area contributed by atoms with E-state index in [0.717, 1.165) is 50.4 Å². The van der Waals surface area contributed by atoms with E-state index in [2.05, 4.69) is 20.5 Å². The number of ether oxygens (including phenoxy) is 1. The number of nitrogens with zero attached hydrogens (tertiary/aromatic N) is 2. The van der Waals surface area contributed by atoms with Gasteiger partial charge in [0, 0.05) is 36.4 Å². The van der Waals surface area contributed by atoms with E-state index < -0.39 is 27.6 Å². The van der Waals surface area contributed by atoms with Gasteiger partial charge in [-0.1, -0.05) is 18.2 Å². The van der Waals surface area contributed by atoms with E-state index in [0.29, 0.717) is 23.2 Å². The molecule has 2 heterocycles. The zero-order valence-electron chi connectivity index (χ0n) is 24.0. The summed E-state index contributed by atoms with van der Waals surface area (Å²) in [6, 6.07) is 20.8. The molecule has 12 heteroatoms. The van der Waals surface area contributed by atoms with Gasteiger partial charge < -0.3 is 21.1 Å². The SMILES string of the molecule is CS(=O)(=O)c1ccc(Oc2ccc(CN3CCC(c4ccc(NC(=O)Nc5ccc(F)c(C(N)=O)c5)cc4)CC3)cn2)cc1. The predicted octanol–water partition coefficient (Wildman–Crippen LogP) is 5.54. The third-order valence-electron chi connectivity index (χ3n) is 7.40. The van der Waals surface area contributed by atoms with E-state index in [9.17, 15) is 22.4 Å². The smallest absolute Gasteiger partial charge is 0.323 e. The number of halogens is 1. The van der Waals surface area contributed by atoms with Crippen LogP contribution in [0.5, 0.6) is 11.6 Å². The Labute approximate surface area is 255 Å². The predicted molar refractivity (Wildman–Crippen MR) is 165 cm³/mol. The fourth-order valence-electron chi connectivity index (χ4n) is 5.05. The Hall–Kier alpha value is -4.81. The first-order valence-corrected chi connectivity index (χ1v) is 15.9. The van der Waals surface area contributed by atoms with Gasteiger partial charge in [0.25, 0.3) is 5.91 Å². The number of nitrogens with one attached hydrogen (secondary N) is 2. The molecule has 3 aromatic carbocycles. The lowest BCUT2D eigenvalue weighted by Crippen LogP contribution is -2.32. The summed E-state index contributed by atoms with van der Waals surface area (Å²) < 4.78 is 42.7. The number of urea groups is 1. The standard InChI is InChI=1S/C32H32FN5O5S/c1-44(41,42)27-10-8-26(9-11-27)43-30-13-2-21(19-35-30)20-38-16-14-23(15-17-38)22-3-5-24(6-4-22)36-32(40)37-25-7-12-29(33)28(18-25)31(34)39/h2-13,18-19,23H,14-17,20H2,1H3,(H2,34,39)(H2,36,37,40). The van der Waals surface area contributed by atoms with E-state index in [4.69, 9.17) is 10.5 Å². The molecule has 0 saturated carbocycles. The van der Waals surface area contributed by atoms with Crippen LogP contribution in [0.15, 0.2) is 90.0 Å². The first kappa shape index (κ1) is 30.6. The summed E-state index contributed by atoms with van der Waals surface area (Å²) in [5, 5.41) is 5.31. The largest absolute Gasteiger partial charge is 0.439 e. The molecule has 5 rings (SSSR count). The van der Waals surface area contributed by atoms with E-state index in [1.807, 2.05) is 30.3 Å². The number of rotatable bonds is 9. The van der Waals surface area contributed by atoms with Crippen LogP contribution in [0, 0.1) is 5.82 Å². The number of pyridine rings is 1. The van der Waals surface area contributed by atoms with Crippen LogP contribution in [0.2, 0.25) is 0 Å². The topological polar surface area (TPSA) is 144 Å². The number of amides is 3. The highest BCUT2D eigenvalue weighted by molar-refractivity contribution is 7.90. The number of sulfone groups is 1. The van der Waals surface area contributed by atoms with Crippen LogP contribution in [0.4, 0.5) is 20.6 Å². The Morgan fingerprint density at radius 3 is 2.23 bits per heavy atom. The maximum Gasteiger partial charge on any atom is 0.323 e. The number of likely N-dealkylation sites (tertiary alicyclic amines) is 1. The lowest BCUT2D eigenvalue weighted by Gasteiger charge is -2.32. The van der Waals surface area contributed by atoms with Crippen molar-refractivity contribution >= 4 is 33.2 Å². The Balaban J connectivity index is 1.07. The van der Waals surface area contributed by atoms with Gasteiger partial charge in [0.1, 0.15) is 11.6 Å². The van der Waals surface area contributed by atoms with Crippen molar-refractivity contribution in [2.24, 2.45) is 5.73 Å². The van der Waals surface area contributed by atoms with Crippen LogP contribution in [-0.4, -0.2) is 49.6 Å². The molecule has 1 fully saturated rings. The second-order valence-corrected chi connectivity index (χ2v) is 12.7. The van der Waals surface area contributed by atoms with Crippen LogP contribution >= 0.6 is 0 Å². The van der Waals surface area contributed by atoms with Crippen LogP contribution in [-0.2, 0) is 16.4 Å². The molecule has 0 spiro atoms. The Morgan fingerprint density at radius 2 is 1.61 bits per heavy atom. The normalized spacial score (nSPS) is 14.1. The highest BCUT2D eigenvalue weighted by atomic mass is 32.2. The molecular weight excluding hydrogens is 585 g/mol. The number of hydrogen-bond donors (Lipinski definition) is 3. The van der Waals surface area contributed by atoms with Gasteiger partial charge in [-0.15, -0.1) is 0 Å². The number of anilines is 2. The molecule has 228 valence electrons. The number of aromatic nitrogens is 1. The van der Waals surface area contributed by atoms with Crippen molar-refractivity contribution in [3.63, 3.8) is 0 Å². The lowest BCUT2D eigenvalue weighted by molar-refractivity contribution is 0.0996. The van der Waals surface area contributed by atoms with Gasteiger partial charge in [-0.2, -0.15) is 0 Å². The van der Waals surface area contributed by atoms with E-state index in [1.165, 1.54) is 29.8 Å². The van der Waals surface area contributed by atoms with E-state index >= 15 is 0 Å². The molecule has 4 aromatic rings. The van der Waals surface area contributed by atoms with Gasteiger partial charge in [-0.25, -0.2) is 22.6 Å². The van der Waals surface area contributed by atoms with Crippen molar-refractivity contribution in [1.29, 1.82) is 0 Å². The minimum atomic E-state index is -3.26. The average molecular weight is 618 g/mol. The van der Waals surface area contributed by atoms with Crippen molar-refractivity contribution in [3.8, 4) is 11.6 Å². The van der Waals surface area contributed by atoms with Crippen molar-refractivity contribution < 1.29 is 27.1 Å². The Bertz CT molecular complexity index is 1740. The van der Waals surface area contributed by atoms with Gasteiger partial charge in [0.2, 0.25) is 5.88 Å². The third-order valence-corrected chi connectivity index (χ3v) is 8.52. The zero-order valence-corrected chi connectivity index (χ0v) is 24.8. The summed E-state index contributed by atoms with van der Waals surface area (Å²) in [4.78, 5) is 30.8. The third kappa shape index (κ3) is 7.97. The van der Waals surface area contributed by atoms with Gasteiger partial charge in [0.15, 0.2) is 9.84 Å². The molecule has 0 radical (unpaired) electrons. The second-order valence-electron chi connectivity index (χ2n) is 10.7. The summed E-state index contributed by atoms with van der Waals surface area (Å²) >= 11 is 0. The molecule has 0 unspecified atom stereocenters. The lowest BCUT2D eigenvalue weighted by atomic mass is 9.89. The van der Waals surface area contributed by atoms with E-state index in [1.54, 1.807) is 24.4 Å². The van der Waals surface area contributed by atoms with E-state index in [-0.39, 0.29) is 16.1 Å². The number of benzene rings is 3. The maximum absolute atomic E-state index is 13.7. The number of carbonyl (C=O) groups excluding carboxylic acids is 2. The highest BCUT2D eigenvalue weighted by Crippen LogP contribution is 2.30. The summed E-state index contributed by atoms with van der Waals surface area (Å²) in [5.74, 6) is -0.312. The quantitative estimate of drug-likeness (QED) is 0.224. The molecule has 1 aliphatic heterocycles. The monoisotopic (exact) mass is 617 g/mol. The summed E-state index contributed by atoms with van der Waals surface area (Å²) in [6.45, 7) is 2.64. The number of nitrogens with two attached hydrogens (primary N) is 1. The molecule has 4 N–H and O–H groups in total. The summed E-state index contributed by atoms with van der Waals surface area (Å²) in [7, 11) is -3.26. The Kier molecular flexibility index (Phi) is 9.21. The minimum Gasteiger partial charge on any atom is -0.439 e. The second kappa shape index (κ2) is 13.2. The first-order chi connectivity index (χ1) is 21.0. The number of hydrogen-bond acceptors (Lipinski definition) is 7. The molecule has 44 heavy (non-hydrogen) atoms.